The Kier molecular flexibility index (Phi) is 4.69. The zero-order chi connectivity index (χ0) is 8.97. The highest BCUT2D eigenvalue weighted by Gasteiger charge is 2.01. The van der Waals surface area contributed by atoms with Gasteiger partial charge in [-0.15, -0.1) is 11.3 Å². The molecule has 1 heterocycles. The van der Waals surface area contributed by atoms with Gasteiger partial charge >= 0.3 is 0 Å². The molecular formula is C9H13BrS2. The van der Waals surface area contributed by atoms with Gasteiger partial charge in [0.15, 0.2) is 0 Å². The van der Waals surface area contributed by atoms with Gasteiger partial charge in [-0.1, -0.05) is 13.8 Å². The molecule has 1 rings (SSSR count). The molecule has 0 aliphatic heterocycles. The third-order valence-electron chi connectivity index (χ3n) is 1.71. The Hall–Kier alpha value is 0.530. The molecule has 0 N–H and O–H groups in total. The Balaban J connectivity index is 2.33. The second kappa shape index (κ2) is 5.30. The second-order valence-corrected chi connectivity index (χ2v) is 6.71. The van der Waals surface area contributed by atoms with Gasteiger partial charge in [-0.3, -0.25) is 0 Å². The Morgan fingerprint density at radius 2 is 2.33 bits per heavy atom. The molecule has 0 aliphatic rings. The monoisotopic (exact) mass is 264 g/mol. The molecule has 1 aromatic heterocycles. The lowest BCUT2D eigenvalue weighted by molar-refractivity contribution is 0.905. The van der Waals surface area contributed by atoms with E-state index < -0.39 is 0 Å². The van der Waals surface area contributed by atoms with E-state index in [4.69, 9.17) is 0 Å². The largest absolute Gasteiger partial charge is 0.153 e. The van der Waals surface area contributed by atoms with Gasteiger partial charge in [0.25, 0.3) is 0 Å². The lowest BCUT2D eigenvalue weighted by Crippen LogP contribution is -1.91. The van der Waals surface area contributed by atoms with Gasteiger partial charge in [-0.05, 0) is 34.5 Å². The van der Waals surface area contributed by atoms with Crippen LogP contribution in [0.4, 0.5) is 0 Å². The standard InChI is InChI=1S/C9H13BrS2/c1-3-7(2)11-6-8-4-5-9(10)12-8/h4-5,7H,3,6H2,1-2H3. The van der Waals surface area contributed by atoms with Gasteiger partial charge in [0.2, 0.25) is 0 Å². The third kappa shape index (κ3) is 3.50. The minimum atomic E-state index is 0.783. The number of thiophene rings is 1. The first kappa shape index (κ1) is 10.6. The summed E-state index contributed by atoms with van der Waals surface area (Å²) in [5.41, 5.74) is 0. The van der Waals surface area contributed by atoms with E-state index in [2.05, 4.69) is 41.9 Å². The fourth-order valence-electron chi connectivity index (χ4n) is 0.772. The highest BCUT2D eigenvalue weighted by atomic mass is 79.9. The summed E-state index contributed by atoms with van der Waals surface area (Å²) in [6, 6.07) is 4.32. The van der Waals surface area contributed by atoms with Crippen molar-refractivity contribution in [3.8, 4) is 0 Å². The average molecular weight is 265 g/mol. The van der Waals surface area contributed by atoms with Crippen LogP contribution in [0.3, 0.4) is 0 Å². The first-order chi connectivity index (χ1) is 5.72. The molecule has 0 bridgehead atoms. The van der Waals surface area contributed by atoms with Crippen LogP contribution in [0.5, 0.6) is 0 Å². The molecule has 1 aromatic rings. The smallest absolute Gasteiger partial charge is 0.0701 e. The minimum absolute atomic E-state index is 0.783. The Morgan fingerprint density at radius 1 is 1.58 bits per heavy atom. The number of hydrogen-bond donors (Lipinski definition) is 0. The molecule has 1 atom stereocenters. The molecule has 68 valence electrons. The average Bonchev–Trinajstić information content (AvgIpc) is 2.47. The van der Waals surface area contributed by atoms with Gasteiger partial charge in [-0.2, -0.15) is 11.8 Å². The predicted molar refractivity (Wildman–Crippen MR) is 63.1 cm³/mol. The van der Waals surface area contributed by atoms with E-state index in [1.165, 1.54) is 15.1 Å². The third-order valence-corrected chi connectivity index (χ3v) is 4.90. The first-order valence-corrected chi connectivity index (χ1v) is 6.74. The highest BCUT2D eigenvalue weighted by Crippen LogP contribution is 2.27. The maximum absolute atomic E-state index is 3.47. The van der Waals surface area contributed by atoms with Gasteiger partial charge < -0.3 is 0 Å². The van der Waals surface area contributed by atoms with Crippen LogP contribution in [-0.2, 0) is 5.75 Å². The van der Waals surface area contributed by atoms with E-state index in [1.807, 2.05) is 23.1 Å². The van der Waals surface area contributed by atoms with Crippen LogP contribution < -0.4 is 0 Å². The van der Waals surface area contributed by atoms with Gasteiger partial charge in [-0.25, -0.2) is 0 Å². The summed E-state index contributed by atoms with van der Waals surface area (Å²) in [6.07, 6.45) is 1.26. The number of thioether (sulfide) groups is 1. The molecule has 0 spiro atoms. The van der Waals surface area contributed by atoms with E-state index in [0.29, 0.717) is 0 Å². The quantitative estimate of drug-likeness (QED) is 0.770. The zero-order valence-electron chi connectivity index (χ0n) is 7.34. The van der Waals surface area contributed by atoms with Crippen LogP contribution in [0.15, 0.2) is 15.9 Å². The summed E-state index contributed by atoms with van der Waals surface area (Å²) in [4.78, 5) is 1.46. The summed E-state index contributed by atoms with van der Waals surface area (Å²) in [6.45, 7) is 4.52. The molecule has 12 heavy (non-hydrogen) atoms. The maximum Gasteiger partial charge on any atom is 0.0701 e. The highest BCUT2D eigenvalue weighted by molar-refractivity contribution is 9.11. The molecule has 0 radical (unpaired) electrons. The van der Waals surface area contributed by atoms with E-state index >= 15 is 0 Å². The number of halogens is 1. The fraction of sp³-hybridized carbons (Fsp3) is 0.556. The first-order valence-electron chi connectivity index (χ1n) is 4.08. The van der Waals surface area contributed by atoms with Crippen molar-refractivity contribution in [3.63, 3.8) is 0 Å². The van der Waals surface area contributed by atoms with Crippen molar-refractivity contribution in [2.24, 2.45) is 0 Å². The normalized spacial score (nSPS) is 13.2. The summed E-state index contributed by atoms with van der Waals surface area (Å²) >= 11 is 7.33. The van der Waals surface area contributed by atoms with Gasteiger partial charge in [0.05, 0.1) is 3.79 Å². The van der Waals surface area contributed by atoms with E-state index in [0.717, 1.165) is 11.0 Å². The van der Waals surface area contributed by atoms with Crippen molar-refractivity contribution in [1.29, 1.82) is 0 Å². The van der Waals surface area contributed by atoms with Crippen molar-refractivity contribution in [2.45, 2.75) is 31.3 Å². The second-order valence-electron chi connectivity index (χ2n) is 2.74. The van der Waals surface area contributed by atoms with Gasteiger partial charge in [0.1, 0.15) is 0 Å². The van der Waals surface area contributed by atoms with Crippen molar-refractivity contribution < 1.29 is 0 Å². The summed E-state index contributed by atoms with van der Waals surface area (Å²) < 4.78 is 1.24. The SMILES string of the molecule is CCC(C)SCc1ccc(Br)s1. The lowest BCUT2D eigenvalue weighted by atomic mass is 10.4. The minimum Gasteiger partial charge on any atom is -0.153 e. The van der Waals surface area contributed by atoms with Crippen molar-refractivity contribution in [1.82, 2.24) is 0 Å². The maximum atomic E-state index is 3.47. The topological polar surface area (TPSA) is 0 Å². The lowest BCUT2D eigenvalue weighted by Gasteiger charge is -2.05. The van der Waals surface area contributed by atoms with Gasteiger partial charge in [0, 0.05) is 15.9 Å². The summed E-state index contributed by atoms with van der Waals surface area (Å²) in [7, 11) is 0. The molecule has 0 amide bonds. The van der Waals surface area contributed by atoms with E-state index in [9.17, 15) is 0 Å². The molecule has 0 aromatic carbocycles. The van der Waals surface area contributed by atoms with Crippen LogP contribution in [0.1, 0.15) is 25.1 Å². The molecule has 0 fully saturated rings. The van der Waals surface area contributed by atoms with Crippen molar-refractivity contribution >= 4 is 39.0 Å². The summed E-state index contributed by atoms with van der Waals surface area (Å²) in [5, 5.41) is 0.783. The molecule has 1 unspecified atom stereocenters. The predicted octanol–water partition coefficient (Wildman–Crippen LogP) is 4.54. The fourth-order valence-corrected chi connectivity index (χ4v) is 3.27. The number of hydrogen-bond acceptors (Lipinski definition) is 2. The van der Waals surface area contributed by atoms with Crippen molar-refractivity contribution in [3.05, 3.63) is 20.8 Å². The molecule has 0 nitrogen and oxygen atoms in total. The van der Waals surface area contributed by atoms with Crippen LogP contribution in [0.2, 0.25) is 0 Å². The summed E-state index contributed by atoms with van der Waals surface area (Å²) in [5.74, 6) is 1.16. The molecule has 3 heteroatoms. The van der Waals surface area contributed by atoms with E-state index in [1.54, 1.807) is 0 Å². The molecule has 0 saturated carbocycles. The van der Waals surface area contributed by atoms with Crippen LogP contribution >= 0.6 is 39.0 Å². The Labute approximate surface area is 90.9 Å². The Morgan fingerprint density at radius 3 is 2.83 bits per heavy atom. The molecule has 0 saturated heterocycles. The van der Waals surface area contributed by atoms with E-state index in [-0.39, 0.29) is 0 Å². The molecular weight excluding hydrogens is 252 g/mol. The zero-order valence-corrected chi connectivity index (χ0v) is 10.6. The van der Waals surface area contributed by atoms with Crippen LogP contribution in [0.25, 0.3) is 0 Å². The van der Waals surface area contributed by atoms with Crippen LogP contribution in [-0.4, -0.2) is 5.25 Å². The molecule has 0 aliphatic carbocycles. The Bertz CT molecular complexity index is 232. The van der Waals surface area contributed by atoms with Crippen LogP contribution in [0, 0.1) is 0 Å². The number of rotatable bonds is 4. The van der Waals surface area contributed by atoms with Crippen molar-refractivity contribution in [2.75, 3.05) is 0 Å².